The highest BCUT2D eigenvalue weighted by molar-refractivity contribution is 9.10. The fourth-order valence-corrected chi connectivity index (χ4v) is 0.804. The van der Waals surface area contributed by atoms with Crippen molar-refractivity contribution < 1.29 is 4.79 Å². The third-order valence-electron chi connectivity index (χ3n) is 1.37. The predicted molar refractivity (Wildman–Crippen MR) is 50.8 cm³/mol. The summed E-state index contributed by atoms with van der Waals surface area (Å²) in [4.78, 5) is 11.0. The SMILES string of the molecule is CC(C)C(Br)C(=O)NCCC#N. The summed E-state index contributed by atoms with van der Waals surface area (Å²) in [6.07, 6.45) is 0.365. The van der Waals surface area contributed by atoms with E-state index in [1.165, 1.54) is 0 Å². The largest absolute Gasteiger partial charge is 0.354 e. The Morgan fingerprint density at radius 2 is 2.25 bits per heavy atom. The molecule has 1 unspecified atom stereocenters. The third-order valence-corrected chi connectivity index (χ3v) is 2.84. The molecule has 1 amide bonds. The van der Waals surface area contributed by atoms with Crippen LogP contribution in [0.25, 0.3) is 0 Å². The number of hydrogen-bond acceptors (Lipinski definition) is 2. The number of halogens is 1. The molecule has 0 radical (unpaired) electrons. The zero-order valence-electron chi connectivity index (χ0n) is 7.30. The van der Waals surface area contributed by atoms with E-state index in [2.05, 4.69) is 21.2 Å². The molecule has 1 atom stereocenters. The lowest BCUT2D eigenvalue weighted by atomic mass is 10.1. The van der Waals surface area contributed by atoms with Gasteiger partial charge in [0.2, 0.25) is 5.91 Å². The number of alkyl halides is 1. The van der Waals surface area contributed by atoms with Gasteiger partial charge in [-0.15, -0.1) is 0 Å². The second kappa shape index (κ2) is 6.01. The second-order valence-electron chi connectivity index (χ2n) is 2.84. The van der Waals surface area contributed by atoms with Gasteiger partial charge in [-0.25, -0.2) is 0 Å². The average Bonchev–Trinajstić information content (AvgIpc) is 2.03. The molecule has 0 aromatic carbocycles. The third kappa shape index (κ3) is 4.35. The summed E-state index contributed by atoms with van der Waals surface area (Å²) < 4.78 is 0. The Kier molecular flexibility index (Phi) is 5.73. The zero-order valence-corrected chi connectivity index (χ0v) is 8.89. The summed E-state index contributed by atoms with van der Waals surface area (Å²) in [6, 6.07) is 1.96. The first-order chi connectivity index (χ1) is 5.59. The van der Waals surface area contributed by atoms with Crippen LogP contribution in [-0.4, -0.2) is 17.3 Å². The highest BCUT2D eigenvalue weighted by Crippen LogP contribution is 2.11. The van der Waals surface area contributed by atoms with E-state index in [9.17, 15) is 4.79 Å². The van der Waals surface area contributed by atoms with E-state index in [-0.39, 0.29) is 16.7 Å². The van der Waals surface area contributed by atoms with Crippen molar-refractivity contribution in [2.75, 3.05) is 6.54 Å². The minimum absolute atomic E-state index is 0.0414. The van der Waals surface area contributed by atoms with Crippen LogP contribution in [0.5, 0.6) is 0 Å². The van der Waals surface area contributed by atoms with Gasteiger partial charge in [-0.1, -0.05) is 29.8 Å². The van der Waals surface area contributed by atoms with Gasteiger partial charge in [0, 0.05) is 6.54 Å². The van der Waals surface area contributed by atoms with Crippen LogP contribution in [0.1, 0.15) is 20.3 Å². The van der Waals surface area contributed by atoms with Crippen molar-refractivity contribution in [2.45, 2.75) is 25.1 Å². The zero-order chi connectivity index (χ0) is 9.56. The molecule has 0 spiro atoms. The number of rotatable bonds is 4. The molecule has 0 aliphatic carbocycles. The lowest BCUT2D eigenvalue weighted by Gasteiger charge is -2.12. The minimum Gasteiger partial charge on any atom is -0.354 e. The number of nitrogens with zero attached hydrogens (tertiary/aromatic N) is 1. The fraction of sp³-hybridized carbons (Fsp3) is 0.750. The molecule has 0 rings (SSSR count). The maximum atomic E-state index is 11.2. The molecule has 0 aliphatic heterocycles. The number of hydrogen-bond donors (Lipinski definition) is 1. The maximum Gasteiger partial charge on any atom is 0.234 e. The van der Waals surface area contributed by atoms with E-state index in [0.717, 1.165) is 0 Å². The molecule has 4 heteroatoms. The Morgan fingerprint density at radius 3 is 2.67 bits per heavy atom. The van der Waals surface area contributed by atoms with Crippen LogP contribution in [0.4, 0.5) is 0 Å². The molecule has 3 nitrogen and oxygen atoms in total. The molecule has 12 heavy (non-hydrogen) atoms. The average molecular weight is 233 g/mol. The van der Waals surface area contributed by atoms with Gasteiger partial charge < -0.3 is 5.32 Å². The summed E-state index contributed by atoms with van der Waals surface area (Å²) >= 11 is 3.26. The van der Waals surface area contributed by atoms with Gasteiger partial charge in [-0.2, -0.15) is 5.26 Å². The van der Waals surface area contributed by atoms with Gasteiger partial charge in [0.1, 0.15) is 0 Å². The molecule has 0 bridgehead atoms. The van der Waals surface area contributed by atoms with E-state index in [4.69, 9.17) is 5.26 Å². The molecule has 0 fully saturated rings. The highest BCUT2D eigenvalue weighted by Gasteiger charge is 2.17. The van der Waals surface area contributed by atoms with Gasteiger partial charge in [-0.05, 0) is 5.92 Å². The number of nitriles is 1. The normalized spacial score (nSPS) is 12.2. The van der Waals surface area contributed by atoms with E-state index >= 15 is 0 Å². The van der Waals surface area contributed by atoms with Gasteiger partial charge >= 0.3 is 0 Å². The summed E-state index contributed by atoms with van der Waals surface area (Å²) in [5.74, 6) is 0.229. The maximum absolute atomic E-state index is 11.2. The molecular formula is C8H13BrN2O. The first kappa shape index (κ1) is 11.4. The molecule has 0 aromatic heterocycles. The van der Waals surface area contributed by atoms with Crippen LogP contribution >= 0.6 is 15.9 Å². The summed E-state index contributed by atoms with van der Waals surface area (Å²) in [5, 5.41) is 10.9. The van der Waals surface area contributed by atoms with Crippen LogP contribution in [0.2, 0.25) is 0 Å². The monoisotopic (exact) mass is 232 g/mol. The fourth-order valence-electron chi connectivity index (χ4n) is 0.642. The highest BCUT2D eigenvalue weighted by atomic mass is 79.9. The first-order valence-electron chi connectivity index (χ1n) is 3.88. The van der Waals surface area contributed by atoms with Gasteiger partial charge in [0.25, 0.3) is 0 Å². The van der Waals surface area contributed by atoms with Gasteiger partial charge in [-0.3, -0.25) is 4.79 Å². The Hall–Kier alpha value is -0.560. The number of carbonyl (C=O) groups is 1. The van der Waals surface area contributed by atoms with E-state index in [1.807, 2.05) is 19.9 Å². The number of carbonyl (C=O) groups excluding carboxylic acids is 1. The molecule has 0 aromatic rings. The Bertz CT molecular complexity index is 186. The lowest BCUT2D eigenvalue weighted by molar-refractivity contribution is -0.121. The van der Waals surface area contributed by atoms with Crippen LogP contribution in [0.3, 0.4) is 0 Å². The van der Waals surface area contributed by atoms with Crippen molar-refractivity contribution in [3.8, 4) is 6.07 Å². The van der Waals surface area contributed by atoms with Crippen molar-refractivity contribution in [1.82, 2.24) is 5.32 Å². The first-order valence-corrected chi connectivity index (χ1v) is 4.80. The van der Waals surface area contributed by atoms with Crippen molar-refractivity contribution in [3.05, 3.63) is 0 Å². The van der Waals surface area contributed by atoms with E-state index < -0.39 is 0 Å². The molecule has 0 saturated carbocycles. The molecule has 0 aliphatic rings. The molecule has 0 saturated heterocycles. The summed E-state index contributed by atoms with van der Waals surface area (Å²) in [5.41, 5.74) is 0. The standard InChI is InChI=1S/C8H13BrN2O/c1-6(2)7(9)8(12)11-5-3-4-10/h6-7H,3,5H2,1-2H3,(H,11,12). The van der Waals surface area contributed by atoms with Crippen LogP contribution < -0.4 is 5.32 Å². The summed E-state index contributed by atoms with van der Waals surface area (Å²) in [6.45, 7) is 4.36. The Balaban J connectivity index is 3.66. The Morgan fingerprint density at radius 1 is 1.67 bits per heavy atom. The molecular weight excluding hydrogens is 220 g/mol. The lowest BCUT2D eigenvalue weighted by Crippen LogP contribution is -2.34. The van der Waals surface area contributed by atoms with Crippen molar-refractivity contribution >= 4 is 21.8 Å². The molecule has 68 valence electrons. The quantitative estimate of drug-likeness (QED) is 0.590. The number of amides is 1. The van der Waals surface area contributed by atoms with Gasteiger partial charge in [0.15, 0.2) is 0 Å². The molecule has 0 heterocycles. The number of nitrogens with one attached hydrogen (secondary N) is 1. The minimum atomic E-state index is -0.156. The van der Waals surface area contributed by atoms with Crippen LogP contribution in [0, 0.1) is 17.2 Å². The predicted octanol–water partition coefficient (Wildman–Crippen LogP) is 1.44. The van der Waals surface area contributed by atoms with Crippen molar-refractivity contribution in [1.29, 1.82) is 5.26 Å². The van der Waals surface area contributed by atoms with Crippen LogP contribution in [0.15, 0.2) is 0 Å². The second-order valence-corrected chi connectivity index (χ2v) is 3.83. The Labute approximate surface area is 81.3 Å². The van der Waals surface area contributed by atoms with Gasteiger partial charge in [0.05, 0.1) is 17.3 Å². The van der Waals surface area contributed by atoms with Crippen LogP contribution in [-0.2, 0) is 4.79 Å². The van der Waals surface area contributed by atoms with Crippen molar-refractivity contribution in [2.24, 2.45) is 5.92 Å². The summed E-state index contributed by atoms with van der Waals surface area (Å²) in [7, 11) is 0. The smallest absolute Gasteiger partial charge is 0.234 e. The van der Waals surface area contributed by atoms with E-state index in [0.29, 0.717) is 13.0 Å². The molecule has 1 N–H and O–H groups in total. The van der Waals surface area contributed by atoms with Crippen molar-refractivity contribution in [3.63, 3.8) is 0 Å². The van der Waals surface area contributed by atoms with E-state index in [1.54, 1.807) is 0 Å². The topological polar surface area (TPSA) is 52.9 Å².